The van der Waals surface area contributed by atoms with Gasteiger partial charge in [-0.2, -0.15) is 4.98 Å². The molecule has 0 radical (unpaired) electrons. The smallest absolute Gasteiger partial charge is 0.258 e. The summed E-state index contributed by atoms with van der Waals surface area (Å²) >= 11 is 0. The van der Waals surface area contributed by atoms with Crippen molar-refractivity contribution in [1.82, 2.24) is 14.9 Å². The van der Waals surface area contributed by atoms with Crippen molar-refractivity contribution in [2.45, 2.75) is 19.3 Å². The SMILES string of the molecule is CCN1CCN(c2nc3c(c(=O)[nH]2)C(c2cccc4ccccc24)CC(=O)N3)CC1. The lowest BCUT2D eigenvalue weighted by molar-refractivity contribution is -0.116. The molecule has 0 spiro atoms. The fourth-order valence-electron chi connectivity index (χ4n) is 4.61. The van der Waals surface area contributed by atoms with E-state index in [4.69, 9.17) is 0 Å². The van der Waals surface area contributed by atoms with Crippen LogP contribution in [0.5, 0.6) is 0 Å². The van der Waals surface area contributed by atoms with Crippen molar-refractivity contribution < 1.29 is 4.79 Å². The normalized spacial score (nSPS) is 19.6. The number of anilines is 2. The molecule has 7 nitrogen and oxygen atoms in total. The Morgan fingerprint density at radius 1 is 1.03 bits per heavy atom. The van der Waals surface area contributed by atoms with Crippen LogP contribution in [0.4, 0.5) is 11.8 Å². The monoisotopic (exact) mass is 403 g/mol. The number of hydrogen-bond donors (Lipinski definition) is 2. The Hall–Kier alpha value is -3.19. The number of nitrogens with one attached hydrogen (secondary N) is 2. The Morgan fingerprint density at radius 2 is 1.80 bits per heavy atom. The van der Waals surface area contributed by atoms with Gasteiger partial charge in [0.25, 0.3) is 5.56 Å². The minimum Gasteiger partial charge on any atom is -0.340 e. The van der Waals surface area contributed by atoms with Crippen molar-refractivity contribution in [3.8, 4) is 0 Å². The highest BCUT2D eigenvalue weighted by Crippen LogP contribution is 2.37. The summed E-state index contributed by atoms with van der Waals surface area (Å²) in [5.74, 6) is 0.497. The van der Waals surface area contributed by atoms with Gasteiger partial charge in [-0.1, -0.05) is 49.4 Å². The van der Waals surface area contributed by atoms with E-state index in [1.165, 1.54) is 0 Å². The minimum atomic E-state index is -0.318. The molecule has 2 aliphatic rings. The first kappa shape index (κ1) is 18.8. The second-order valence-electron chi connectivity index (χ2n) is 7.95. The number of amides is 1. The maximum absolute atomic E-state index is 13.2. The molecular formula is C23H25N5O2. The molecule has 0 saturated carbocycles. The lowest BCUT2D eigenvalue weighted by Crippen LogP contribution is -2.47. The van der Waals surface area contributed by atoms with E-state index in [1.807, 2.05) is 42.5 Å². The lowest BCUT2D eigenvalue weighted by Gasteiger charge is -2.35. The molecule has 154 valence electrons. The highest BCUT2D eigenvalue weighted by molar-refractivity contribution is 5.96. The van der Waals surface area contributed by atoms with Crippen LogP contribution < -0.4 is 15.8 Å². The molecule has 1 fully saturated rings. The first-order valence-corrected chi connectivity index (χ1v) is 10.5. The number of piperazine rings is 1. The van der Waals surface area contributed by atoms with Gasteiger partial charge < -0.3 is 15.1 Å². The maximum Gasteiger partial charge on any atom is 0.258 e. The molecule has 0 aliphatic carbocycles. The molecule has 0 bridgehead atoms. The summed E-state index contributed by atoms with van der Waals surface area (Å²) in [6.45, 7) is 6.64. The van der Waals surface area contributed by atoms with Crippen molar-refractivity contribution in [3.63, 3.8) is 0 Å². The highest BCUT2D eigenvalue weighted by atomic mass is 16.2. The summed E-state index contributed by atoms with van der Waals surface area (Å²) in [5.41, 5.74) is 1.36. The van der Waals surface area contributed by atoms with Gasteiger partial charge in [0.2, 0.25) is 11.9 Å². The Kier molecular flexibility index (Phi) is 4.75. The van der Waals surface area contributed by atoms with Crippen LogP contribution in [0.1, 0.15) is 30.4 Å². The number of carbonyl (C=O) groups excluding carboxylic acids is 1. The van der Waals surface area contributed by atoms with E-state index in [0.717, 1.165) is 49.1 Å². The van der Waals surface area contributed by atoms with Gasteiger partial charge in [0.05, 0.1) is 5.56 Å². The summed E-state index contributed by atoms with van der Waals surface area (Å²) in [5, 5.41) is 5.00. The molecule has 3 heterocycles. The number of H-pyrrole nitrogens is 1. The van der Waals surface area contributed by atoms with Crippen molar-refractivity contribution in [2.24, 2.45) is 0 Å². The molecule has 2 aromatic carbocycles. The third kappa shape index (κ3) is 3.25. The molecule has 1 unspecified atom stereocenters. The molecule has 1 saturated heterocycles. The number of nitrogens with zero attached hydrogens (tertiary/aromatic N) is 3. The standard InChI is InChI=1S/C23H25N5O2/c1-2-27-10-12-28(13-11-27)23-25-21-20(22(30)26-23)18(14-19(29)24-21)17-9-5-7-15-6-3-4-8-16(15)17/h3-9,18H,2,10-14H2,1H3,(H2,24,25,26,29,30). The summed E-state index contributed by atoms with van der Waals surface area (Å²) in [7, 11) is 0. The molecule has 3 aromatic rings. The molecule has 30 heavy (non-hydrogen) atoms. The summed E-state index contributed by atoms with van der Waals surface area (Å²) in [6.07, 6.45) is 0.236. The quantitative estimate of drug-likeness (QED) is 0.702. The zero-order chi connectivity index (χ0) is 20.7. The fraction of sp³-hybridized carbons (Fsp3) is 0.348. The molecule has 7 heteroatoms. The largest absolute Gasteiger partial charge is 0.340 e. The molecule has 2 aliphatic heterocycles. The van der Waals surface area contributed by atoms with E-state index in [0.29, 0.717) is 17.3 Å². The Morgan fingerprint density at radius 3 is 2.60 bits per heavy atom. The number of carbonyl (C=O) groups is 1. The van der Waals surface area contributed by atoms with Crippen molar-refractivity contribution in [3.05, 3.63) is 63.9 Å². The second-order valence-corrected chi connectivity index (χ2v) is 7.95. The number of hydrogen-bond acceptors (Lipinski definition) is 5. The topological polar surface area (TPSA) is 81.3 Å². The summed E-state index contributed by atoms with van der Waals surface area (Å²) in [4.78, 5) is 37.8. The van der Waals surface area contributed by atoms with Crippen LogP contribution in [0.15, 0.2) is 47.3 Å². The van der Waals surface area contributed by atoms with Crippen LogP contribution in [0.2, 0.25) is 0 Å². The number of likely N-dealkylation sites (N-methyl/N-ethyl adjacent to an activating group) is 1. The van der Waals surface area contributed by atoms with Crippen LogP contribution in [0.3, 0.4) is 0 Å². The Balaban J connectivity index is 1.57. The molecule has 2 N–H and O–H groups in total. The highest BCUT2D eigenvalue weighted by Gasteiger charge is 2.32. The van der Waals surface area contributed by atoms with Gasteiger partial charge in [0, 0.05) is 38.5 Å². The van der Waals surface area contributed by atoms with Crippen molar-refractivity contribution >= 4 is 28.4 Å². The summed E-state index contributed by atoms with van der Waals surface area (Å²) < 4.78 is 0. The van der Waals surface area contributed by atoms with E-state index in [1.54, 1.807) is 0 Å². The molecule has 1 aromatic heterocycles. The first-order chi connectivity index (χ1) is 14.6. The average Bonchev–Trinajstić information content (AvgIpc) is 2.78. The second kappa shape index (κ2) is 7.57. The molecular weight excluding hydrogens is 378 g/mol. The predicted molar refractivity (Wildman–Crippen MR) is 118 cm³/mol. The third-order valence-electron chi connectivity index (χ3n) is 6.26. The summed E-state index contributed by atoms with van der Waals surface area (Å²) in [6, 6.07) is 14.1. The van der Waals surface area contributed by atoms with Crippen LogP contribution in [0, 0.1) is 0 Å². The van der Waals surface area contributed by atoms with E-state index >= 15 is 0 Å². The Bertz CT molecular complexity index is 1160. The van der Waals surface area contributed by atoms with Gasteiger partial charge in [-0.15, -0.1) is 0 Å². The van der Waals surface area contributed by atoms with Gasteiger partial charge in [0.15, 0.2) is 0 Å². The lowest BCUT2D eigenvalue weighted by atomic mass is 9.84. The van der Waals surface area contributed by atoms with Crippen LogP contribution in [-0.4, -0.2) is 53.5 Å². The number of aromatic amines is 1. The van der Waals surface area contributed by atoms with E-state index in [-0.39, 0.29) is 23.8 Å². The Labute approximate surface area is 174 Å². The zero-order valence-electron chi connectivity index (χ0n) is 17.0. The van der Waals surface area contributed by atoms with Gasteiger partial charge in [-0.3, -0.25) is 14.6 Å². The first-order valence-electron chi connectivity index (χ1n) is 10.5. The maximum atomic E-state index is 13.2. The molecule has 5 rings (SSSR count). The van der Waals surface area contributed by atoms with Crippen LogP contribution in [-0.2, 0) is 4.79 Å². The van der Waals surface area contributed by atoms with Gasteiger partial charge in [-0.05, 0) is 22.9 Å². The third-order valence-corrected chi connectivity index (χ3v) is 6.26. The van der Waals surface area contributed by atoms with Crippen molar-refractivity contribution in [2.75, 3.05) is 42.9 Å². The van der Waals surface area contributed by atoms with E-state index in [2.05, 4.69) is 32.0 Å². The predicted octanol–water partition coefficient (Wildman–Crippen LogP) is 2.54. The van der Waals surface area contributed by atoms with Crippen LogP contribution in [0.25, 0.3) is 10.8 Å². The zero-order valence-corrected chi connectivity index (χ0v) is 17.0. The number of aromatic nitrogens is 2. The number of rotatable bonds is 3. The fourth-order valence-corrected chi connectivity index (χ4v) is 4.61. The number of fused-ring (bicyclic) bond motifs is 2. The minimum absolute atomic E-state index is 0.111. The van der Waals surface area contributed by atoms with Gasteiger partial charge >= 0.3 is 0 Å². The van der Waals surface area contributed by atoms with Crippen LogP contribution >= 0.6 is 0 Å². The van der Waals surface area contributed by atoms with Gasteiger partial charge in [-0.25, -0.2) is 0 Å². The molecule has 1 atom stereocenters. The average molecular weight is 403 g/mol. The number of benzene rings is 2. The molecule has 1 amide bonds. The van der Waals surface area contributed by atoms with E-state index in [9.17, 15) is 9.59 Å². The van der Waals surface area contributed by atoms with Gasteiger partial charge in [0.1, 0.15) is 5.82 Å². The van der Waals surface area contributed by atoms with Crippen molar-refractivity contribution in [1.29, 1.82) is 0 Å². The van der Waals surface area contributed by atoms with E-state index < -0.39 is 0 Å².